The Labute approximate surface area is 61.1 Å². The number of hydrogen-bond acceptors (Lipinski definition) is 4. The van der Waals surface area contributed by atoms with Gasteiger partial charge in [-0.05, 0) is 0 Å². The highest BCUT2D eigenvalue weighted by Gasteiger charge is 2.00. The highest BCUT2D eigenvalue weighted by Crippen LogP contribution is 1.83. The van der Waals surface area contributed by atoms with Gasteiger partial charge in [0.15, 0.2) is 0 Å². The van der Waals surface area contributed by atoms with Crippen LogP contribution in [-0.2, 0) is 7.05 Å². The van der Waals surface area contributed by atoms with Gasteiger partial charge in [-0.15, -0.1) is 0 Å². The average Bonchev–Trinajstić information content (AvgIpc) is 1.99. The fraction of sp³-hybridized carbons (Fsp3) is 0.167. The maximum absolute atomic E-state index is 10.8. The Kier molecular flexibility index (Phi) is 1.60. The van der Waals surface area contributed by atoms with E-state index in [0.717, 1.165) is 10.6 Å². The lowest BCUT2D eigenvalue weighted by atomic mass is 10.5. The molecule has 0 saturated carbocycles. The molecule has 0 amide bonds. The van der Waals surface area contributed by atoms with Crippen LogP contribution in [0.25, 0.3) is 0 Å². The molecule has 0 spiro atoms. The van der Waals surface area contributed by atoms with Crippen molar-refractivity contribution in [2.75, 3.05) is 0 Å². The van der Waals surface area contributed by atoms with E-state index in [1.807, 2.05) is 0 Å². The fourth-order valence-corrected chi connectivity index (χ4v) is 0.546. The van der Waals surface area contributed by atoms with E-state index in [1.165, 1.54) is 7.05 Å². The third kappa shape index (κ3) is 1.19. The average molecular weight is 152 g/mol. The van der Waals surface area contributed by atoms with Crippen molar-refractivity contribution in [3.63, 3.8) is 0 Å². The maximum atomic E-state index is 10.8. The topological polar surface area (TPSA) is 76.0 Å². The van der Waals surface area contributed by atoms with Crippen LogP contribution in [0.4, 0.5) is 0 Å². The second-order valence-corrected chi connectivity index (χ2v) is 1.89. The molecule has 0 aromatic carbocycles. The first-order valence-electron chi connectivity index (χ1n) is 2.76. The van der Waals surface area contributed by atoms with Crippen LogP contribution in [0.3, 0.4) is 0 Å². The molecule has 5 nitrogen and oxygen atoms in total. The van der Waals surface area contributed by atoms with Crippen molar-refractivity contribution < 1.29 is 4.42 Å². The molecule has 1 aromatic rings. The molecule has 0 saturated heterocycles. The van der Waals surface area contributed by atoms with E-state index in [0.29, 0.717) is 0 Å². The molecular weight excluding hydrogens is 148 g/mol. The Bertz CT molecular complexity index is 389. The predicted octanol–water partition coefficient (Wildman–Crippen LogP) is -0.790. The van der Waals surface area contributed by atoms with Crippen LogP contribution < -0.4 is 11.3 Å². The summed E-state index contributed by atoms with van der Waals surface area (Å²) in [6.07, 6.45) is 0. The second-order valence-electron chi connectivity index (χ2n) is 1.89. The number of rotatable bonds is 0. The predicted molar refractivity (Wildman–Crippen MR) is 34.9 cm³/mol. The van der Waals surface area contributed by atoms with Crippen molar-refractivity contribution in [1.82, 2.24) is 4.57 Å². The Morgan fingerprint density at radius 1 is 1.64 bits per heavy atom. The van der Waals surface area contributed by atoms with E-state index in [-0.39, 0.29) is 5.76 Å². The summed E-state index contributed by atoms with van der Waals surface area (Å²) in [5.74, 6) is -1.09. The molecule has 0 atom stereocenters. The minimum atomic E-state index is -0.825. The third-order valence-corrected chi connectivity index (χ3v) is 1.17. The van der Waals surface area contributed by atoms with Crippen molar-refractivity contribution >= 4 is 0 Å². The second kappa shape index (κ2) is 2.42. The van der Waals surface area contributed by atoms with Gasteiger partial charge in [-0.25, -0.2) is 9.36 Å². The summed E-state index contributed by atoms with van der Waals surface area (Å²) >= 11 is 0. The van der Waals surface area contributed by atoms with E-state index >= 15 is 0 Å². The summed E-state index contributed by atoms with van der Waals surface area (Å²) in [6, 6.07) is 2.52. The largest absolute Gasteiger partial charge is 0.422 e. The van der Waals surface area contributed by atoms with Crippen molar-refractivity contribution in [1.29, 1.82) is 5.26 Å². The zero-order valence-electron chi connectivity index (χ0n) is 5.70. The summed E-state index contributed by atoms with van der Waals surface area (Å²) in [5.41, 5.74) is -0.544. The lowest BCUT2D eigenvalue weighted by Gasteiger charge is -1.90. The summed E-state index contributed by atoms with van der Waals surface area (Å²) in [4.78, 5) is 21.4. The van der Waals surface area contributed by atoms with E-state index in [2.05, 4.69) is 4.42 Å². The number of nitriles is 1. The molecule has 0 fully saturated rings. The molecule has 1 aromatic heterocycles. The Morgan fingerprint density at radius 2 is 2.27 bits per heavy atom. The molecule has 0 aliphatic carbocycles. The van der Waals surface area contributed by atoms with Crippen LogP contribution in [0, 0.1) is 11.3 Å². The minimum absolute atomic E-state index is 0.266. The molecule has 0 bridgehead atoms. The summed E-state index contributed by atoms with van der Waals surface area (Å²) in [7, 11) is 1.27. The van der Waals surface area contributed by atoms with Gasteiger partial charge >= 0.3 is 5.76 Å². The van der Waals surface area contributed by atoms with Crippen LogP contribution in [0.2, 0.25) is 0 Å². The smallest absolute Gasteiger partial charge is 0.398 e. The Balaban J connectivity index is 3.61. The highest BCUT2D eigenvalue weighted by atomic mass is 16.4. The fourth-order valence-electron chi connectivity index (χ4n) is 0.546. The zero-order chi connectivity index (χ0) is 8.43. The van der Waals surface area contributed by atoms with Gasteiger partial charge in [0.2, 0.25) is 5.76 Å². The molecule has 0 aliphatic rings. The van der Waals surface area contributed by atoms with Crippen molar-refractivity contribution in [2.45, 2.75) is 0 Å². The Morgan fingerprint density at radius 3 is 2.73 bits per heavy atom. The van der Waals surface area contributed by atoms with Crippen LogP contribution in [0.5, 0.6) is 0 Å². The molecule has 11 heavy (non-hydrogen) atoms. The van der Waals surface area contributed by atoms with Gasteiger partial charge in [0.05, 0.1) is 6.07 Å². The van der Waals surface area contributed by atoms with E-state index < -0.39 is 11.3 Å². The SMILES string of the molecule is Cn1c(=O)cc(C#N)oc1=O. The standard InChI is InChI=1S/C6H4N2O3/c1-8-5(9)2-4(3-7)11-6(8)10/h2H,1H3. The number of hydrogen-bond donors (Lipinski definition) is 0. The molecule has 1 heterocycles. The molecule has 0 N–H and O–H groups in total. The van der Waals surface area contributed by atoms with Gasteiger partial charge in [0, 0.05) is 7.05 Å². The van der Waals surface area contributed by atoms with E-state index in [9.17, 15) is 9.59 Å². The van der Waals surface area contributed by atoms with Crippen molar-refractivity contribution in [2.24, 2.45) is 7.05 Å². The van der Waals surface area contributed by atoms with Gasteiger partial charge in [0.25, 0.3) is 5.56 Å². The number of aromatic nitrogens is 1. The molecular formula is C6H4N2O3. The van der Waals surface area contributed by atoms with Gasteiger partial charge in [0.1, 0.15) is 6.07 Å². The minimum Gasteiger partial charge on any atom is -0.398 e. The van der Waals surface area contributed by atoms with Crippen LogP contribution in [0.1, 0.15) is 5.76 Å². The lowest BCUT2D eigenvalue weighted by molar-refractivity contribution is 0.432. The van der Waals surface area contributed by atoms with Gasteiger partial charge in [-0.1, -0.05) is 0 Å². The van der Waals surface area contributed by atoms with Gasteiger partial charge in [-0.3, -0.25) is 4.79 Å². The van der Waals surface area contributed by atoms with E-state index in [4.69, 9.17) is 5.26 Å². The summed E-state index contributed by atoms with van der Waals surface area (Å²) < 4.78 is 5.16. The van der Waals surface area contributed by atoms with Crippen molar-refractivity contribution in [3.05, 3.63) is 32.7 Å². The van der Waals surface area contributed by atoms with Gasteiger partial charge < -0.3 is 4.42 Å². The summed E-state index contributed by atoms with van der Waals surface area (Å²) in [5, 5.41) is 8.25. The normalized spacial score (nSPS) is 9.09. The molecule has 1 rings (SSSR count). The molecule has 0 unspecified atom stereocenters. The first-order chi connectivity index (χ1) is 5.15. The quantitative estimate of drug-likeness (QED) is 0.488. The van der Waals surface area contributed by atoms with Crippen LogP contribution >= 0.6 is 0 Å². The van der Waals surface area contributed by atoms with Crippen LogP contribution in [-0.4, -0.2) is 4.57 Å². The summed E-state index contributed by atoms with van der Waals surface area (Å²) in [6.45, 7) is 0. The highest BCUT2D eigenvalue weighted by molar-refractivity contribution is 5.12. The molecule has 56 valence electrons. The zero-order valence-corrected chi connectivity index (χ0v) is 5.70. The van der Waals surface area contributed by atoms with Crippen molar-refractivity contribution in [3.8, 4) is 6.07 Å². The molecule has 5 heteroatoms. The number of nitrogens with zero attached hydrogens (tertiary/aromatic N) is 2. The third-order valence-electron chi connectivity index (χ3n) is 1.17. The molecule has 0 radical (unpaired) electrons. The van der Waals surface area contributed by atoms with Crippen LogP contribution in [0.15, 0.2) is 20.1 Å². The van der Waals surface area contributed by atoms with Gasteiger partial charge in [-0.2, -0.15) is 5.26 Å². The maximum Gasteiger partial charge on any atom is 0.422 e. The lowest BCUT2D eigenvalue weighted by Crippen LogP contribution is -2.29. The molecule has 0 aliphatic heterocycles. The Hall–Kier alpha value is -1.83. The van der Waals surface area contributed by atoms with E-state index in [1.54, 1.807) is 6.07 Å². The monoisotopic (exact) mass is 152 g/mol. The first kappa shape index (κ1) is 7.28. The first-order valence-corrected chi connectivity index (χ1v) is 2.76.